The molecule has 1 aliphatic rings. The molecule has 0 saturated carbocycles. The molecule has 0 bridgehead atoms. The third-order valence-electron chi connectivity index (χ3n) is 9.00. The predicted octanol–water partition coefficient (Wildman–Crippen LogP) is 9.90. The van der Waals surface area contributed by atoms with E-state index >= 15 is 0 Å². The summed E-state index contributed by atoms with van der Waals surface area (Å²) in [6.45, 7) is 9.78. The van der Waals surface area contributed by atoms with E-state index in [1.807, 2.05) is 12.1 Å². The summed E-state index contributed by atoms with van der Waals surface area (Å²) in [5.74, 6) is 0.768. The van der Waals surface area contributed by atoms with E-state index < -0.39 is 6.10 Å². The van der Waals surface area contributed by atoms with E-state index in [-0.39, 0.29) is 19.3 Å². The third kappa shape index (κ3) is 22.0. The van der Waals surface area contributed by atoms with E-state index in [0.29, 0.717) is 6.61 Å². The first-order chi connectivity index (χ1) is 22.2. The highest BCUT2D eigenvalue weighted by Gasteiger charge is 2.14. The van der Waals surface area contributed by atoms with Gasteiger partial charge in [-0.25, -0.2) is 0 Å². The van der Waals surface area contributed by atoms with Gasteiger partial charge in [-0.2, -0.15) is 0 Å². The minimum absolute atomic E-state index is 0.110. The van der Waals surface area contributed by atoms with Gasteiger partial charge >= 0.3 is 0 Å². The normalized spacial score (nSPS) is 15.0. The van der Waals surface area contributed by atoms with Crippen LogP contribution < -0.4 is 9.64 Å². The topological polar surface area (TPSA) is 60.4 Å². The summed E-state index contributed by atoms with van der Waals surface area (Å²) < 4.78 is 23.6. The molecule has 6 heteroatoms. The highest BCUT2D eigenvalue weighted by Crippen LogP contribution is 2.21. The van der Waals surface area contributed by atoms with Crippen molar-refractivity contribution in [1.29, 1.82) is 0 Å². The zero-order valence-corrected chi connectivity index (χ0v) is 29.5. The van der Waals surface area contributed by atoms with Crippen molar-refractivity contribution in [1.82, 2.24) is 0 Å². The number of unbranched alkanes of at least 4 members (excludes halogenated alkanes) is 18. The van der Waals surface area contributed by atoms with Gasteiger partial charge in [-0.15, -0.1) is 0 Å². The summed E-state index contributed by atoms with van der Waals surface area (Å²) in [4.78, 5) is 2.32. The second kappa shape index (κ2) is 28.8. The average Bonchev–Trinajstić information content (AvgIpc) is 3.07. The second-order valence-corrected chi connectivity index (χ2v) is 13.2. The van der Waals surface area contributed by atoms with Gasteiger partial charge in [-0.05, 0) is 37.1 Å². The maximum atomic E-state index is 10.5. The van der Waals surface area contributed by atoms with Crippen LogP contribution in [0.4, 0.5) is 5.69 Å². The molecular formula is C39H71NO5. The molecule has 1 aromatic rings. The Balaban J connectivity index is 1.60. The van der Waals surface area contributed by atoms with Gasteiger partial charge in [0.1, 0.15) is 18.5 Å². The van der Waals surface area contributed by atoms with E-state index in [0.717, 1.165) is 51.5 Å². The van der Waals surface area contributed by atoms with E-state index in [1.54, 1.807) is 0 Å². The lowest BCUT2D eigenvalue weighted by atomic mass is 10.0. The lowest BCUT2D eigenvalue weighted by Gasteiger charge is -2.28. The Labute approximate surface area is 277 Å². The van der Waals surface area contributed by atoms with Gasteiger partial charge in [0.05, 0.1) is 32.5 Å². The van der Waals surface area contributed by atoms with Crippen molar-refractivity contribution in [3.05, 3.63) is 24.3 Å². The molecule has 2 rings (SSSR count). The van der Waals surface area contributed by atoms with Crippen LogP contribution >= 0.6 is 0 Å². The van der Waals surface area contributed by atoms with Gasteiger partial charge in [0.25, 0.3) is 0 Å². The maximum absolute atomic E-state index is 10.5. The van der Waals surface area contributed by atoms with Crippen LogP contribution in [0.1, 0.15) is 149 Å². The Morgan fingerprint density at radius 3 is 1.71 bits per heavy atom. The first kappa shape index (κ1) is 39.8. The number of hydrogen-bond donors (Lipinski definition) is 1. The zero-order valence-electron chi connectivity index (χ0n) is 29.5. The molecule has 2 unspecified atom stereocenters. The van der Waals surface area contributed by atoms with Crippen LogP contribution in [0.2, 0.25) is 0 Å². The van der Waals surface area contributed by atoms with Crippen molar-refractivity contribution in [3.8, 4) is 5.75 Å². The summed E-state index contributed by atoms with van der Waals surface area (Å²) in [5, 5.41) is 10.5. The molecule has 0 aromatic heterocycles. The van der Waals surface area contributed by atoms with Crippen molar-refractivity contribution in [2.45, 2.75) is 161 Å². The Hall–Kier alpha value is -1.34. The Kier molecular flexibility index (Phi) is 25.5. The van der Waals surface area contributed by atoms with Gasteiger partial charge < -0.3 is 29.0 Å². The van der Waals surface area contributed by atoms with E-state index in [9.17, 15) is 5.11 Å². The Morgan fingerprint density at radius 2 is 1.16 bits per heavy atom. The first-order valence-electron chi connectivity index (χ1n) is 19.2. The minimum atomic E-state index is -0.663. The summed E-state index contributed by atoms with van der Waals surface area (Å²) in [6, 6.07) is 8.10. The first-order valence-corrected chi connectivity index (χ1v) is 19.2. The fraction of sp³-hybridized carbons (Fsp3) is 0.846. The van der Waals surface area contributed by atoms with Gasteiger partial charge in [0.15, 0.2) is 0 Å². The van der Waals surface area contributed by atoms with Crippen molar-refractivity contribution >= 4 is 5.69 Å². The lowest BCUT2D eigenvalue weighted by Crippen LogP contribution is -2.36. The van der Waals surface area contributed by atoms with Gasteiger partial charge in [-0.1, -0.05) is 136 Å². The van der Waals surface area contributed by atoms with E-state index in [1.165, 1.54) is 128 Å². The molecule has 1 saturated heterocycles. The number of hydrogen-bond acceptors (Lipinski definition) is 6. The minimum Gasteiger partial charge on any atom is -0.491 e. The van der Waals surface area contributed by atoms with E-state index in [2.05, 4.69) is 30.9 Å². The van der Waals surface area contributed by atoms with Crippen LogP contribution in [-0.4, -0.2) is 70.0 Å². The fourth-order valence-electron chi connectivity index (χ4n) is 6.06. The fourth-order valence-corrected chi connectivity index (χ4v) is 6.06. The largest absolute Gasteiger partial charge is 0.491 e. The molecule has 45 heavy (non-hydrogen) atoms. The number of benzene rings is 1. The van der Waals surface area contributed by atoms with Crippen LogP contribution in [0.15, 0.2) is 24.3 Å². The molecule has 0 amide bonds. The number of rotatable bonds is 31. The Morgan fingerprint density at radius 1 is 0.644 bits per heavy atom. The highest BCUT2D eigenvalue weighted by molar-refractivity contribution is 5.49. The second-order valence-electron chi connectivity index (χ2n) is 13.2. The average molecular weight is 634 g/mol. The molecule has 1 fully saturated rings. The number of ether oxygens (including phenoxy) is 4. The summed E-state index contributed by atoms with van der Waals surface area (Å²) >= 11 is 0. The zero-order chi connectivity index (χ0) is 32.0. The highest BCUT2D eigenvalue weighted by atomic mass is 16.5. The summed E-state index contributed by atoms with van der Waals surface area (Å²) in [6.07, 6.45) is 27.3. The van der Waals surface area contributed by atoms with Crippen LogP contribution in [-0.2, 0) is 14.2 Å². The third-order valence-corrected chi connectivity index (χ3v) is 9.00. The predicted molar refractivity (Wildman–Crippen MR) is 190 cm³/mol. The number of aliphatic hydroxyl groups excluding tert-OH is 1. The molecule has 0 radical (unpaired) electrons. The van der Waals surface area contributed by atoms with Crippen LogP contribution in [0, 0.1) is 0 Å². The standard InChI is InChI=1S/C39H71NO5/c1-3-5-7-9-11-13-15-17-19-21-23-39(44-30-22-20-18-16-14-12-10-8-6-4-2)35-43-33-37(41)34-45-38-26-24-36(25-27-38)40-28-31-42-32-29-40/h24-27,37,39,41H,3-23,28-35H2,1-2H3. The monoisotopic (exact) mass is 634 g/mol. The van der Waals surface area contributed by atoms with Gasteiger partial charge in [-0.3, -0.25) is 0 Å². The molecule has 6 nitrogen and oxygen atoms in total. The lowest BCUT2D eigenvalue weighted by molar-refractivity contribution is -0.0499. The molecule has 1 aromatic carbocycles. The summed E-state index contributed by atoms with van der Waals surface area (Å²) in [5.41, 5.74) is 1.18. The molecule has 1 N–H and O–H groups in total. The molecule has 262 valence electrons. The molecule has 1 aliphatic heterocycles. The molecular weight excluding hydrogens is 562 g/mol. The van der Waals surface area contributed by atoms with Crippen LogP contribution in [0.25, 0.3) is 0 Å². The summed E-state index contributed by atoms with van der Waals surface area (Å²) in [7, 11) is 0. The smallest absolute Gasteiger partial charge is 0.119 e. The van der Waals surface area contributed by atoms with Gasteiger partial charge in [0.2, 0.25) is 0 Å². The van der Waals surface area contributed by atoms with Crippen molar-refractivity contribution in [3.63, 3.8) is 0 Å². The number of morpholine rings is 1. The SMILES string of the molecule is CCCCCCCCCCCCOC(CCCCCCCCCCCC)COCC(O)COc1ccc(N2CCOCC2)cc1. The number of aliphatic hydroxyl groups is 1. The molecule has 1 heterocycles. The van der Waals surface area contributed by atoms with Crippen molar-refractivity contribution in [2.75, 3.05) is 57.6 Å². The van der Waals surface area contributed by atoms with E-state index in [4.69, 9.17) is 18.9 Å². The Bertz CT molecular complexity index is 754. The van der Waals surface area contributed by atoms with Crippen molar-refractivity contribution in [2.24, 2.45) is 0 Å². The number of nitrogens with zero attached hydrogens (tertiary/aromatic N) is 1. The number of anilines is 1. The van der Waals surface area contributed by atoms with Crippen molar-refractivity contribution < 1.29 is 24.1 Å². The quantitative estimate of drug-likeness (QED) is 0.0822. The van der Waals surface area contributed by atoms with Gasteiger partial charge in [0, 0.05) is 25.4 Å². The molecule has 0 spiro atoms. The van der Waals surface area contributed by atoms with Crippen LogP contribution in [0.3, 0.4) is 0 Å². The molecule has 0 aliphatic carbocycles. The maximum Gasteiger partial charge on any atom is 0.119 e. The van der Waals surface area contributed by atoms with Crippen LogP contribution in [0.5, 0.6) is 5.75 Å². The molecule has 2 atom stereocenters.